The first-order valence-electron chi connectivity index (χ1n) is 11.1. The molecule has 0 aliphatic heterocycles. The standard InChI is InChI=1S/C26H17F2N7O2S/c1-13-7-17(18-8-14(2)31-12-21(18)37-25(27)28)19(10-30-13)23(36)35-26-34-22-24(38-26)33-20(11-32-22)16-5-3-15(9-29)4-6-16/h3-8,10-12,25H,1-2H3,(H,32,34,35,36). The molecule has 0 saturated heterocycles. The molecule has 5 rings (SSSR count). The second-order valence-corrected chi connectivity index (χ2v) is 9.10. The van der Waals surface area contributed by atoms with Crippen LogP contribution in [0.1, 0.15) is 27.3 Å². The van der Waals surface area contributed by atoms with E-state index < -0.39 is 12.5 Å². The molecule has 0 saturated carbocycles. The number of carbonyl (C=O) groups is 1. The zero-order chi connectivity index (χ0) is 26.8. The number of halogens is 2. The van der Waals surface area contributed by atoms with E-state index >= 15 is 0 Å². The minimum absolute atomic E-state index is 0.138. The molecule has 4 heterocycles. The molecule has 4 aromatic heterocycles. The third kappa shape index (κ3) is 5.14. The van der Waals surface area contributed by atoms with Crippen LogP contribution < -0.4 is 10.1 Å². The van der Waals surface area contributed by atoms with Crippen molar-refractivity contribution in [2.24, 2.45) is 0 Å². The van der Waals surface area contributed by atoms with Gasteiger partial charge in [0.2, 0.25) is 0 Å². The number of nitrogens with zero attached hydrogens (tertiary/aromatic N) is 6. The molecular formula is C26H17F2N7O2S. The summed E-state index contributed by atoms with van der Waals surface area (Å²) in [5.41, 5.74) is 4.17. The van der Waals surface area contributed by atoms with Gasteiger partial charge in [-0.15, -0.1) is 0 Å². The minimum atomic E-state index is -3.06. The number of nitrogens with one attached hydrogen (secondary N) is 1. The highest BCUT2D eigenvalue weighted by atomic mass is 32.1. The van der Waals surface area contributed by atoms with Gasteiger partial charge in [0.15, 0.2) is 21.4 Å². The molecule has 1 aromatic carbocycles. The molecule has 0 atom stereocenters. The quantitative estimate of drug-likeness (QED) is 0.303. The zero-order valence-corrected chi connectivity index (χ0v) is 20.8. The van der Waals surface area contributed by atoms with Crippen molar-refractivity contribution >= 4 is 32.9 Å². The van der Waals surface area contributed by atoms with Crippen LogP contribution in [0.5, 0.6) is 5.75 Å². The van der Waals surface area contributed by atoms with Crippen LogP contribution in [0, 0.1) is 25.2 Å². The summed E-state index contributed by atoms with van der Waals surface area (Å²) in [5.74, 6) is -0.703. The molecular weight excluding hydrogens is 512 g/mol. The van der Waals surface area contributed by atoms with Crippen LogP contribution in [0.2, 0.25) is 0 Å². The predicted octanol–water partition coefficient (Wildman–Crippen LogP) is 5.55. The maximum Gasteiger partial charge on any atom is 0.387 e. The predicted molar refractivity (Wildman–Crippen MR) is 137 cm³/mol. The van der Waals surface area contributed by atoms with Crippen molar-refractivity contribution in [3.8, 4) is 34.2 Å². The average Bonchev–Trinajstić information content (AvgIpc) is 3.30. The molecule has 38 heavy (non-hydrogen) atoms. The molecule has 0 fully saturated rings. The molecule has 0 bridgehead atoms. The zero-order valence-electron chi connectivity index (χ0n) is 19.9. The van der Waals surface area contributed by atoms with E-state index in [1.54, 1.807) is 56.4 Å². The summed E-state index contributed by atoms with van der Waals surface area (Å²) >= 11 is 1.13. The Labute approximate surface area is 218 Å². The van der Waals surface area contributed by atoms with Gasteiger partial charge in [-0.05, 0) is 38.1 Å². The van der Waals surface area contributed by atoms with Crippen molar-refractivity contribution in [1.82, 2.24) is 24.9 Å². The van der Waals surface area contributed by atoms with Crippen molar-refractivity contribution in [2.45, 2.75) is 20.5 Å². The van der Waals surface area contributed by atoms with Crippen molar-refractivity contribution in [3.05, 3.63) is 77.5 Å². The number of hydrogen-bond donors (Lipinski definition) is 1. The van der Waals surface area contributed by atoms with Gasteiger partial charge in [0, 0.05) is 34.3 Å². The minimum Gasteiger partial charge on any atom is -0.433 e. The molecule has 0 spiro atoms. The molecule has 0 radical (unpaired) electrons. The fourth-order valence-electron chi connectivity index (χ4n) is 3.71. The topological polar surface area (TPSA) is 127 Å². The van der Waals surface area contributed by atoms with Crippen LogP contribution in [-0.2, 0) is 0 Å². The first-order chi connectivity index (χ1) is 18.3. The SMILES string of the molecule is Cc1cc(-c2cc(C)ncc2C(=O)Nc2nc3ncc(-c4ccc(C#N)cc4)nc3s2)c(OC(F)F)cn1. The summed E-state index contributed by atoms with van der Waals surface area (Å²) in [6.45, 7) is 0.371. The van der Waals surface area contributed by atoms with E-state index in [-0.39, 0.29) is 22.0 Å². The van der Waals surface area contributed by atoms with Gasteiger partial charge in [0.25, 0.3) is 5.91 Å². The molecule has 0 aliphatic carbocycles. The second kappa shape index (κ2) is 10.2. The number of amides is 1. The number of fused-ring (bicyclic) bond motifs is 1. The number of benzene rings is 1. The van der Waals surface area contributed by atoms with Crippen LogP contribution in [0.25, 0.3) is 32.9 Å². The summed E-state index contributed by atoms with van der Waals surface area (Å²) in [6.07, 6.45) is 4.13. The fourth-order valence-corrected chi connectivity index (χ4v) is 4.50. The number of anilines is 1. The van der Waals surface area contributed by atoms with Gasteiger partial charge in [0.1, 0.15) is 0 Å². The number of hydrogen-bond acceptors (Lipinski definition) is 9. The number of aryl methyl sites for hydroxylation is 2. The number of alkyl halides is 2. The van der Waals surface area contributed by atoms with E-state index in [4.69, 9.17) is 5.26 Å². The summed E-state index contributed by atoms with van der Waals surface area (Å²) in [6, 6.07) is 12.2. The highest BCUT2D eigenvalue weighted by molar-refractivity contribution is 7.21. The van der Waals surface area contributed by atoms with Crippen LogP contribution in [-0.4, -0.2) is 37.4 Å². The lowest BCUT2D eigenvalue weighted by molar-refractivity contribution is -0.0496. The highest BCUT2D eigenvalue weighted by Gasteiger charge is 2.21. The molecule has 12 heteroatoms. The molecule has 1 N–H and O–H groups in total. The van der Waals surface area contributed by atoms with Gasteiger partial charge < -0.3 is 4.74 Å². The van der Waals surface area contributed by atoms with Crippen molar-refractivity contribution in [2.75, 3.05) is 5.32 Å². The molecule has 9 nitrogen and oxygen atoms in total. The van der Waals surface area contributed by atoms with Gasteiger partial charge in [-0.2, -0.15) is 19.0 Å². The van der Waals surface area contributed by atoms with Crippen LogP contribution in [0.3, 0.4) is 0 Å². The Bertz CT molecular complexity index is 1720. The summed E-state index contributed by atoms with van der Waals surface area (Å²) < 4.78 is 30.7. The highest BCUT2D eigenvalue weighted by Crippen LogP contribution is 2.34. The Morgan fingerprint density at radius 1 is 1.00 bits per heavy atom. The van der Waals surface area contributed by atoms with E-state index in [1.165, 1.54) is 12.4 Å². The van der Waals surface area contributed by atoms with E-state index in [2.05, 4.69) is 41.0 Å². The molecule has 5 aromatic rings. The maximum atomic E-state index is 13.3. The summed E-state index contributed by atoms with van der Waals surface area (Å²) in [5, 5.41) is 12.0. The molecule has 188 valence electrons. The van der Waals surface area contributed by atoms with E-state index in [1.807, 2.05) is 0 Å². The number of carbonyl (C=O) groups excluding carboxylic acids is 1. The number of ether oxygens (including phenoxy) is 1. The number of pyridine rings is 2. The third-order valence-corrected chi connectivity index (χ3v) is 6.30. The van der Waals surface area contributed by atoms with Crippen LogP contribution in [0.4, 0.5) is 13.9 Å². The van der Waals surface area contributed by atoms with Crippen molar-refractivity contribution in [1.29, 1.82) is 5.26 Å². The Morgan fingerprint density at radius 3 is 2.42 bits per heavy atom. The lowest BCUT2D eigenvalue weighted by Gasteiger charge is -2.14. The first-order valence-corrected chi connectivity index (χ1v) is 12.0. The number of rotatable bonds is 6. The van der Waals surface area contributed by atoms with Crippen LogP contribution >= 0.6 is 11.3 Å². The maximum absolute atomic E-state index is 13.3. The molecule has 0 unspecified atom stereocenters. The van der Waals surface area contributed by atoms with Gasteiger partial charge >= 0.3 is 6.61 Å². The van der Waals surface area contributed by atoms with Crippen LogP contribution in [0.15, 0.2) is 55.0 Å². The Hall–Kier alpha value is -4.89. The number of nitriles is 1. The van der Waals surface area contributed by atoms with E-state index in [9.17, 15) is 13.6 Å². The largest absolute Gasteiger partial charge is 0.433 e. The Balaban J connectivity index is 1.47. The molecule has 1 amide bonds. The van der Waals surface area contributed by atoms with Gasteiger partial charge in [-0.25, -0.2) is 9.97 Å². The first kappa shape index (κ1) is 24.8. The lowest BCUT2D eigenvalue weighted by Crippen LogP contribution is -2.14. The fraction of sp³-hybridized carbons (Fsp3) is 0.115. The van der Waals surface area contributed by atoms with E-state index in [0.29, 0.717) is 38.7 Å². The van der Waals surface area contributed by atoms with Crippen molar-refractivity contribution in [3.63, 3.8) is 0 Å². The van der Waals surface area contributed by atoms with Gasteiger partial charge in [-0.3, -0.25) is 20.1 Å². The average molecular weight is 530 g/mol. The molecule has 0 aliphatic rings. The third-order valence-electron chi connectivity index (χ3n) is 5.45. The normalized spacial score (nSPS) is 10.9. The second-order valence-electron chi connectivity index (χ2n) is 8.12. The Kier molecular flexibility index (Phi) is 6.68. The Morgan fingerprint density at radius 2 is 1.71 bits per heavy atom. The number of aromatic nitrogens is 5. The van der Waals surface area contributed by atoms with Crippen molar-refractivity contribution < 1.29 is 18.3 Å². The lowest BCUT2D eigenvalue weighted by atomic mass is 9.99. The summed E-state index contributed by atoms with van der Waals surface area (Å²) in [4.78, 5) is 35.3. The van der Waals surface area contributed by atoms with Gasteiger partial charge in [-0.1, -0.05) is 23.5 Å². The smallest absolute Gasteiger partial charge is 0.387 e. The van der Waals surface area contributed by atoms with Gasteiger partial charge in [0.05, 0.1) is 35.3 Å². The van der Waals surface area contributed by atoms with E-state index in [0.717, 1.165) is 16.9 Å². The summed E-state index contributed by atoms with van der Waals surface area (Å²) in [7, 11) is 0. The monoisotopic (exact) mass is 529 g/mol. The number of thiazole rings is 1.